The SMILES string of the molecule is NCCc1cc(-c2ccc(O)cc2)ccc1Br. The Morgan fingerprint density at radius 2 is 1.65 bits per heavy atom. The molecule has 0 atom stereocenters. The van der Waals surface area contributed by atoms with Crippen LogP contribution < -0.4 is 5.73 Å². The zero-order valence-electron chi connectivity index (χ0n) is 9.36. The molecule has 0 aliphatic rings. The topological polar surface area (TPSA) is 46.2 Å². The Labute approximate surface area is 109 Å². The molecule has 0 heterocycles. The minimum atomic E-state index is 0.285. The molecule has 0 amide bonds. The standard InChI is InChI=1S/C14H14BrNO/c15-14-6-3-11(9-12(14)7-8-16)10-1-4-13(17)5-2-10/h1-6,9,17H,7-8,16H2. The zero-order valence-corrected chi connectivity index (χ0v) is 10.9. The minimum Gasteiger partial charge on any atom is -0.508 e. The lowest BCUT2D eigenvalue weighted by molar-refractivity contribution is 0.475. The summed E-state index contributed by atoms with van der Waals surface area (Å²) in [6.07, 6.45) is 0.854. The largest absolute Gasteiger partial charge is 0.508 e. The summed E-state index contributed by atoms with van der Waals surface area (Å²) in [5, 5.41) is 9.26. The van der Waals surface area contributed by atoms with Crippen LogP contribution in [0.4, 0.5) is 0 Å². The summed E-state index contributed by atoms with van der Waals surface area (Å²) in [7, 11) is 0. The fourth-order valence-electron chi connectivity index (χ4n) is 1.76. The van der Waals surface area contributed by atoms with E-state index < -0.39 is 0 Å². The summed E-state index contributed by atoms with van der Waals surface area (Å²) in [5.41, 5.74) is 9.02. The molecular formula is C14H14BrNO. The van der Waals surface area contributed by atoms with Crippen LogP contribution in [0.1, 0.15) is 5.56 Å². The van der Waals surface area contributed by atoms with Gasteiger partial charge in [-0.25, -0.2) is 0 Å². The lowest BCUT2D eigenvalue weighted by atomic mass is 10.0. The van der Waals surface area contributed by atoms with Crippen LogP contribution in [0.15, 0.2) is 46.9 Å². The van der Waals surface area contributed by atoms with E-state index in [0.717, 1.165) is 22.0 Å². The Morgan fingerprint density at radius 1 is 1.00 bits per heavy atom. The molecule has 0 bridgehead atoms. The Morgan fingerprint density at radius 3 is 2.29 bits per heavy atom. The second-order valence-electron chi connectivity index (χ2n) is 3.89. The Bertz CT molecular complexity index is 508. The number of hydrogen-bond donors (Lipinski definition) is 2. The van der Waals surface area contributed by atoms with Crippen LogP contribution in [0, 0.1) is 0 Å². The number of benzene rings is 2. The summed E-state index contributed by atoms with van der Waals surface area (Å²) in [5.74, 6) is 0.285. The fourth-order valence-corrected chi connectivity index (χ4v) is 2.20. The van der Waals surface area contributed by atoms with Gasteiger partial charge in [0.1, 0.15) is 5.75 Å². The zero-order chi connectivity index (χ0) is 12.3. The van der Waals surface area contributed by atoms with Crippen molar-refractivity contribution >= 4 is 15.9 Å². The molecule has 17 heavy (non-hydrogen) atoms. The maximum Gasteiger partial charge on any atom is 0.115 e. The summed E-state index contributed by atoms with van der Waals surface area (Å²) >= 11 is 3.52. The average molecular weight is 292 g/mol. The van der Waals surface area contributed by atoms with Crippen molar-refractivity contribution in [3.05, 3.63) is 52.5 Å². The third-order valence-electron chi connectivity index (χ3n) is 2.66. The smallest absolute Gasteiger partial charge is 0.115 e. The third kappa shape index (κ3) is 2.87. The van der Waals surface area contributed by atoms with Crippen LogP contribution in [0.5, 0.6) is 5.75 Å². The molecule has 3 N–H and O–H groups in total. The van der Waals surface area contributed by atoms with E-state index >= 15 is 0 Å². The van der Waals surface area contributed by atoms with E-state index in [-0.39, 0.29) is 5.75 Å². The van der Waals surface area contributed by atoms with Crippen LogP contribution in [0.2, 0.25) is 0 Å². The van der Waals surface area contributed by atoms with Gasteiger partial charge in [-0.3, -0.25) is 0 Å². The second-order valence-corrected chi connectivity index (χ2v) is 4.75. The van der Waals surface area contributed by atoms with Crippen LogP contribution >= 0.6 is 15.9 Å². The maximum atomic E-state index is 9.26. The highest BCUT2D eigenvalue weighted by Gasteiger charge is 2.03. The molecule has 0 aromatic heterocycles. The number of aromatic hydroxyl groups is 1. The molecule has 0 fully saturated rings. The van der Waals surface area contributed by atoms with Crippen LogP contribution in [-0.2, 0) is 6.42 Å². The summed E-state index contributed by atoms with van der Waals surface area (Å²) in [4.78, 5) is 0. The summed E-state index contributed by atoms with van der Waals surface area (Å²) in [6.45, 7) is 0.637. The van der Waals surface area contributed by atoms with E-state index in [1.54, 1.807) is 12.1 Å². The number of rotatable bonds is 3. The summed E-state index contributed by atoms with van der Waals surface area (Å²) < 4.78 is 1.09. The lowest BCUT2D eigenvalue weighted by Gasteiger charge is -2.07. The molecule has 3 heteroatoms. The van der Waals surface area contributed by atoms with Gasteiger partial charge in [-0.2, -0.15) is 0 Å². The monoisotopic (exact) mass is 291 g/mol. The number of phenols is 1. The van der Waals surface area contributed by atoms with E-state index in [9.17, 15) is 5.11 Å². The summed E-state index contributed by atoms with van der Waals surface area (Å²) in [6, 6.07) is 13.4. The van der Waals surface area contributed by atoms with Crippen molar-refractivity contribution in [1.29, 1.82) is 0 Å². The quantitative estimate of drug-likeness (QED) is 0.911. The van der Waals surface area contributed by atoms with Gasteiger partial charge in [0, 0.05) is 4.47 Å². The Hall–Kier alpha value is -1.32. The van der Waals surface area contributed by atoms with Crippen LogP contribution in [0.3, 0.4) is 0 Å². The van der Waals surface area contributed by atoms with Gasteiger partial charge in [-0.1, -0.05) is 34.1 Å². The highest BCUT2D eigenvalue weighted by Crippen LogP contribution is 2.26. The lowest BCUT2D eigenvalue weighted by Crippen LogP contribution is -2.03. The molecule has 0 spiro atoms. The molecule has 0 unspecified atom stereocenters. The highest BCUT2D eigenvalue weighted by molar-refractivity contribution is 9.10. The first-order valence-corrected chi connectivity index (χ1v) is 6.28. The minimum absolute atomic E-state index is 0.285. The molecule has 2 nitrogen and oxygen atoms in total. The first kappa shape index (κ1) is 12.1. The predicted molar refractivity (Wildman–Crippen MR) is 74.0 cm³/mol. The van der Waals surface area contributed by atoms with E-state index in [2.05, 4.69) is 28.1 Å². The molecule has 0 aliphatic carbocycles. The first-order valence-electron chi connectivity index (χ1n) is 5.48. The normalized spacial score (nSPS) is 10.5. The van der Waals surface area contributed by atoms with Gasteiger partial charge in [-0.05, 0) is 53.9 Å². The number of nitrogens with two attached hydrogens (primary N) is 1. The number of halogens is 1. The van der Waals surface area contributed by atoms with Crippen molar-refractivity contribution in [1.82, 2.24) is 0 Å². The molecule has 2 rings (SSSR count). The predicted octanol–water partition coefficient (Wildman–Crippen LogP) is 3.32. The molecule has 2 aromatic carbocycles. The van der Waals surface area contributed by atoms with Gasteiger partial charge in [0.15, 0.2) is 0 Å². The van der Waals surface area contributed by atoms with Gasteiger partial charge in [0.25, 0.3) is 0 Å². The van der Waals surface area contributed by atoms with E-state index in [1.165, 1.54) is 5.56 Å². The fraction of sp³-hybridized carbons (Fsp3) is 0.143. The highest BCUT2D eigenvalue weighted by atomic mass is 79.9. The first-order chi connectivity index (χ1) is 8.20. The molecular weight excluding hydrogens is 278 g/mol. The van der Waals surface area contributed by atoms with Gasteiger partial charge >= 0.3 is 0 Å². The van der Waals surface area contributed by atoms with Crippen molar-refractivity contribution in [2.45, 2.75) is 6.42 Å². The van der Waals surface area contributed by atoms with E-state index in [4.69, 9.17) is 5.73 Å². The molecule has 88 valence electrons. The maximum absolute atomic E-state index is 9.26. The second kappa shape index (κ2) is 5.34. The molecule has 0 aliphatic heterocycles. The Balaban J connectivity index is 2.39. The van der Waals surface area contributed by atoms with Crippen molar-refractivity contribution < 1.29 is 5.11 Å². The molecule has 2 aromatic rings. The van der Waals surface area contributed by atoms with Crippen molar-refractivity contribution in [2.75, 3.05) is 6.54 Å². The van der Waals surface area contributed by atoms with Crippen LogP contribution in [0.25, 0.3) is 11.1 Å². The average Bonchev–Trinajstić information content (AvgIpc) is 2.33. The van der Waals surface area contributed by atoms with Gasteiger partial charge in [0.05, 0.1) is 0 Å². The van der Waals surface area contributed by atoms with Crippen molar-refractivity contribution in [3.8, 4) is 16.9 Å². The van der Waals surface area contributed by atoms with E-state index in [1.807, 2.05) is 18.2 Å². The molecule has 0 saturated heterocycles. The number of phenolic OH excluding ortho intramolecular Hbond substituents is 1. The van der Waals surface area contributed by atoms with Gasteiger partial charge in [-0.15, -0.1) is 0 Å². The van der Waals surface area contributed by atoms with Crippen molar-refractivity contribution in [3.63, 3.8) is 0 Å². The van der Waals surface area contributed by atoms with Crippen LogP contribution in [-0.4, -0.2) is 11.7 Å². The third-order valence-corrected chi connectivity index (χ3v) is 3.43. The van der Waals surface area contributed by atoms with Gasteiger partial charge in [0.2, 0.25) is 0 Å². The van der Waals surface area contributed by atoms with Gasteiger partial charge < -0.3 is 10.8 Å². The van der Waals surface area contributed by atoms with Crippen molar-refractivity contribution in [2.24, 2.45) is 5.73 Å². The number of hydrogen-bond acceptors (Lipinski definition) is 2. The molecule has 0 radical (unpaired) electrons. The van der Waals surface area contributed by atoms with E-state index in [0.29, 0.717) is 6.54 Å². The Kier molecular flexibility index (Phi) is 3.82. The molecule has 0 saturated carbocycles.